The van der Waals surface area contributed by atoms with E-state index in [2.05, 4.69) is 0 Å². The van der Waals surface area contributed by atoms with Gasteiger partial charge in [0.25, 0.3) is 5.91 Å². The minimum Gasteiger partial charge on any atom is -0.335 e. The molecule has 1 aliphatic carbocycles. The van der Waals surface area contributed by atoms with Gasteiger partial charge >= 0.3 is 0 Å². The molecule has 1 aromatic carbocycles. The van der Waals surface area contributed by atoms with Crippen LogP contribution in [-0.4, -0.2) is 29.2 Å². The van der Waals surface area contributed by atoms with Crippen molar-refractivity contribution >= 4 is 11.7 Å². The number of piperidine rings is 1. The molecule has 3 rings (SSSR count). The molecule has 1 saturated carbocycles. The summed E-state index contributed by atoms with van der Waals surface area (Å²) in [6.45, 7) is 2.83. The number of hydrogen-bond acceptors (Lipinski definition) is 2. The normalized spacial score (nSPS) is 29.9. The van der Waals surface area contributed by atoms with Gasteiger partial charge in [-0.2, -0.15) is 0 Å². The monoisotopic (exact) mass is 271 g/mol. The van der Waals surface area contributed by atoms with E-state index in [0.29, 0.717) is 18.1 Å². The number of Topliss-reactive ketones (excluding diaryl/α,β-unsaturated/α-hetero) is 1. The third-order valence-corrected chi connectivity index (χ3v) is 4.81. The summed E-state index contributed by atoms with van der Waals surface area (Å²) in [4.78, 5) is 26.6. The molecule has 0 aromatic heterocycles. The number of carbonyl (C=O) groups is 2. The molecular formula is C17H21NO2. The minimum absolute atomic E-state index is 0.0976. The lowest BCUT2D eigenvalue weighted by Gasteiger charge is -2.45. The van der Waals surface area contributed by atoms with Gasteiger partial charge in [-0.1, -0.05) is 25.1 Å². The Morgan fingerprint density at radius 1 is 1.25 bits per heavy atom. The van der Waals surface area contributed by atoms with Crippen LogP contribution in [0.3, 0.4) is 0 Å². The van der Waals surface area contributed by atoms with Gasteiger partial charge in [0.2, 0.25) is 0 Å². The molecule has 0 radical (unpaired) electrons. The second-order valence-corrected chi connectivity index (χ2v) is 6.14. The van der Waals surface area contributed by atoms with Gasteiger partial charge in [0, 0.05) is 30.5 Å². The van der Waals surface area contributed by atoms with Crippen molar-refractivity contribution in [2.75, 3.05) is 6.54 Å². The molecular weight excluding hydrogens is 250 g/mol. The van der Waals surface area contributed by atoms with Gasteiger partial charge in [-0.15, -0.1) is 0 Å². The van der Waals surface area contributed by atoms with E-state index in [1.807, 2.05) is 42.2 Å². The topological polar surface area (TPSA) is 37.4 Å². The Hall–Kier alpha value is -1.64. The van der Waals surface area contributed by atoms with Crippen LogP contribution in [0.15, 0.2) is 30.3 Å². The molecule has 0 spiro atoms. The van der Waals surface area contributed by atoms with E-state index in [-0.39, 0.29) is 17.9 Å². The summed E-state index contributed by atoms with van der Waals surface area (Å²) in [6.07, 6.45) is 3.59. The van der Waals surface area contributed by atoms with E-state index >= 15 is 0 Å². The fourth-order valence-electron chi connectivity index (χ4n) is 3.65. The zero-order valence-corrected chi connectivity index (χ0v) is 11.9. The van der Waals surface area contributed by atoms with Crippen LogP contribution >= 0.6 is 0 Å². The summed E-state index contributed by atoms with van der Waals surface area (Å²) >= 11 is 0. The maximum Gasteiger partial charge on any atom is 0.254 e. The number of ketones is 1. The number of carbonyl (C=O) groups excluding carboxylic acids is 2. The number of likely N-dealkylation sites (tertiary alicyclic amines) is 1. The van der Waals surface area contributed by atoms with Crippen LogP contribution in [0.5, 0.6) is 0 Å². The second-order valence-electron chi connectivity index (χ2n) is 6.14. The highest BCUT2D eigenvalue weighted by molar-refractivity contribution is 5.94. The number of benzene rings is 1. The van der Waals surface area contributed by atoms with Crippen molar-refractivity contribution in [1.29, 1.82) is 0 Å². The van der Waals surface area contributed by atoms with Gasteiger partial charge in [-0.3, -0.25) is 9.59 Å². The summed E-state index contributed by atoms with van der Waals surface area (Å²) in [5, 5.41) is 0. The van der Waals surface area contributed by atoms with Crippen molar-refractivity contribution in [1.82, 2.24) is 4.90 Å². The third kappa shape index (κ3) is 2.37. The number of amides is 1. The Morgan fingerprint density at radius 3 is 2.75 bits per heavy atom. The highest BCUT2D eigenvalue weighted by Crippen LogP contribution is 2.36. The smallest absolute Gasteiger partial charge is 0.254 e. The van der Waals surface area contributed by atoms with Crippen LogP contribution in [0.25, 0.3) is 0 Å². The van der Waals surface area contributed by atoms with Crippen molar-refractivity contribution in [3.05, 3.63) is 35.9 Å². The average molecular weight is 271 g/mol. The number of rotatable bonds is 1. The Morgan fingerprint density at radius 2 is 2.00 bits per heavy atom. The largest absolute Gasteiger partial charge is 0.335 e. The molecule has 3 atom stereocenters. The minimum atomic E-state index is 0.0976. The fraction of sp³-hybridized carbons (Fsp3) is 0.529. The van der Waals surface area contributed by atoms with Gasteiger partial charge < -0.3 is 4.90 Å². The van der Waals surface area contributed by atoms with Crippen molar-refractivity contribution < 1.29 is 9.59 Å². The molecule has 106 valence electrons. The van der Waals surface area contributed by atoms with Crippen LogP contribution in [0.4, 0.5) is 0 Å². The maximum absolute atomic E-state index is 12.7. The number of fused-ring (bicyclic) bond motifs is 1. The Kier molecular flexibility index (Phi) is 3.60. The fourth-order valence-corrected chi connectivity index (χ4v) is 3.65. The molecule has 3 heteroatoms. The van der Waals surface area contributed by atoms with Gasteiger partial charge in [0.05, 0.1) is 0 Å². The Labute approximate surface area is 120 Å². The van der Waals surface area contributed by atoms with Crippen molar-refractivity contribution in [3.63, 3.8) is 0 Å². The molecule has 20 heavy (non-hydrogen) atoms. The molecule has 0 N–H and O–H groups in total. The van der Waals surface area contributed by atoms with E-state index in [0.717, 1.165) is 31.4 Å². The van der Waals surface area contributed by atoms with Crippen LogP contribution in [0, 0.1) is 11.8 Å². The first-order chi connectivity index (χ1) is 9.66. The van der Waals surface area contributed by atoms with Gasteiger partial charge in [0.15, 0.2) is 0 Å². The first-order valence-corrected chi connectivity index (χ1v) is 7.55. The van der Waals surface area contributed by atoms with Crippen LogP contribution < -0.4 is 0 Å². The van der Waals surface area contributed by atoms with Crippen LogP contribution in [0.2, 0.25) is 0 Å². The zero-order chi connectivity index (χ0) is 14.1. The highest BCUT2D eigenvalue weighted by atomic mass is 16.2. The predicted molar refractivity (Wildman–Crippen MR) is 77.4 cm³/mol. The van der Waals surface area contributed by atoms with Crippen molar-refractivity contribution in [2.24, 2.45) is 11.8 Å². The SMILES string of the molecule is C[C@H]1C[C@H]2[C@@H](CCCN2C(=O)c2ccccc2)CC1=O. The first kappa shape index (κ1) is 13.3. The van der Waals surface area contributed by atoms with E-state index in [9.17, 15) is 9.59 Å². The van der Waals surface area contributed by atoms with E-state index in [4.69, 9.17) is 0 Å². The van der Waals surface area contributed by atoms with Crippen LogP contribution in [0.1, 0.15) is 43.0 Å². The molecule has 1 aromatic rings. The quantitative estimate of drug-likeness (QED) is 0.787. The van der Waals surface area contributed by atoms with Crippen molar-refractivity contribution in [3.8, 4) is 0 Å². The molecule has 1 saturated heterocycles. The zero-order valence-electron chi connectivity index (χ0n) is 11.9. The predicted octanol–water partition coefficient (Wildman–Crippen LogP) is 2.91. The molecule has 3 nitrogen and oxygen atoms in total. The van der Waals surface area contributed by atoms with Crippen molar-refractivity contribution in [2.45, 2.75) is 38.6 Å². The average Bonchev–Trinajstić information content (AvgIpc) is 2.48. The van der Waals surface area contributed by atoms with Gasteiger partial charge in [0.1, 0.15) is 5.78 Å². The second kappa shape index (κ2) is 5.39. The summed E-state index contributed by atoms with van der Waals surface area (Å²) in [6, 6.07) is 9.75. The molecule has 1 aliphatic heterocycles. The molecule has 0 unspecified atom stereocenters. The summed E-state index contributed by atoms with van der Waals surface area (Å²) < 4.78 is 0. The van der Waals surface area contributed by atoms with E-state index in [1.165, 1.54) is 0 Å². The molecule has 0 bridgehead atoms. The number of nitrogens with zero attached hydrogens (tertiary/aromatic N) is 1. The third-order valence-electron chi connectivity index (χ3n) is 4.81. The number of hydrogen-bond donors (Lipinski definition) is 0. The Bertz CT molecular complexity index is 511. The highest BCUT2D eigenvalue weighted by Gasteiger charge is 2.41. The lowest BCUT2D eigenvalue weighted by molar-refractivity contribution is -0.128. The van der Waals surface area contributed by atoms with E-state index in [1.54, 1.807) is 0 Å². The van der Waals surface area contributed by atoms with Gasteiger partial charge in [-0.05, 0) is 37.3 Å². The molecule has 1 amide bonds. The van der Waals surface area contributed by atoms with Crippen LogP contribution in [-0.2, 0) is 4.79 Å². The summed E-state index contributed by atoms with van der Waals surface area (Å²) in [5.74, 6) is 0.975. The maximum atomic E-state index is 12.7. The molecule has 1 heterocycles. The first-order valence-electron chi connectivity index (χ1n) is 7.55. The summed E-state index contributed by atoms with van der Waals surface area (Å²) in [5.41, 5.74) is 0.762. The van der Waals surface area contributed by atoms with Gasteiger partial charge in [-0.25, -0.2) is 0 Å². The van der Waals surface area contributed by atoms with E-state index < -0.39 is 0 Å². The standard InChI is InChI=1S/C17H21NO2/c1-12-10-15-14(11-16(12)19)8-5-9-18(15)17(20)13-6-3-2-4-7-13/h2-4,6-7,12,14-15H,5,8-11H2,1H3/t12-,14-,15-/m0/s1. The Balaban J connectivity index is 1.82. The molecule has 2 aliphatic rings. The summed E-state index contributed by atoms with van der Waals surface area (Å²) in [7, 11) is 0. The molecule has 2 fully saturated rings. The lowest BCUT2D eigenvalue weighted by atomic mass is 9.73. The lowest BCUT2D eigenvalue weighted by Crippen LogP contribution is -2.52.